The molecule has 0 radical (unpaired) electrons. The van der Waals surface area contributed by atoms with Gasteiger partial charge < -0.3 is 15.5 Å². The summed E-state index contributed by atoms with van der Waals surface area (Å²) < 4.78 is 6.35. The van der Waals surface area contributed by atoms with E-state index in [0.29, 0.717) is 18.0 Å². The standard InChI is InChI=1S/C27H38N6O5S/c1-17-12-18(2)24(19(3)13-17)39(4,32-36)31-23(27(35)38-37)14-29-26(34)21-15-33(16-21)11-9-22-8-7-20-6-5-10-28-25(20)30-22/h7-8,12-13,21,23,31,37H,5-6,9-11,14-16H2,1-4H3,(H,28,30)(H,29,34). The normalized spacial score (nSPS) is 18.5. The average Bonchev–Trinajstić information content (AvgIpc) is 2.88. The van der Waals surface area contributed by atoms with Crippen LogP contribution >= 0.6 is 10.4 Å². The topological polar surface area (TPSA) is 145 Å². The van der Waals surface area contributed by atoms with Crippen molar-refractivity contribution in [3.63, 3.8) is 0 Å². The van der Waals surface area contributed by atoms with Crippen LogP contribution in [-0.4, -0.2) is 72.0 Å². The molecule has 2 unspecified atom stereocenters. The van der Waals surface area contributed by atoms with Gasteiger partial charge >= 0.3 is 5.97 Å². The maximum atomic E-state index is 12.8. The Morgan fingerprint density at radius 1 is 1.26 bits per heavy atom. The number of carbonyl (C=O) groups is 2. The molecule has 2 aliphatic heterocycles. The molecule has 1 amide bonds. The highest BCUT2D eigenvalue weighted by Crippen LogP contribution is 2.53. The van der Waals surface area contributed by atoms with E-state index >= 15 is 0 Å². The predicted octanol–water partition coefficient (Wildman–Crippen LogP) is 3.02. The lowest BCUT2D eigenvalue weighted by atomic mass is 9.98. The van der Waals surface area contributed by atoms with Gasteiger partial charge in [-0.1, -0.05) is 23.8 Å². The van der Waals surface area contributed by atoms with Crippen LogP contribution in [0, 0.1) is 31.6 Å². The molecule has 2 aromatic rings. The van der Waals surface area contributed by atoms with Crippen LogP contribution in [0.4, 0.5) is 5.82 Å². The first-order valence-electron chi connectivity index (χ1n) is 13.2. The highest BCUT2D eigenvalue weighted by molar-refractivity contribution is 8.30. The second kappa shape index (κ2) is 12.4. The van der Waals surface area contributed by atoms with Crippen molar-refractivity contribution in [2.45, 2.75) is 51.0 Å². The predicted molar refractivity (Wildman–Crippen MR) is 152 cm³/mol. The van der Waals surface area contributed by atoms with Gasteiger partial charge in [-0.2, -0.15) is 5.26 Å². The molecule has 0 bridgehead atoms. The molecule has 0 aliphatic carbocycles. The van der Waals surface area contributed by atoms with Gasteiger partial charge in [0.05, 0.1) is 5.92 Å². The Balaban J connectivity index is 1.30. The summed E-state index contributed by atoms with van der Waals surface area (Å²) in [6.07, 6.45) is 4.63. The van der Waals surface area contributed by atoms with E-state index in [-0.39, 0.29) is 18.4 Å². The number of likely N-dealkylation sites (tertiary alicyclic amines) is 1. The Labute approximate surface area is 230 Å². The van der Waals surface area contributed by atoms with E-state index < -0.39 is 22.4 Å². The van der Waals surface area contributed by atoms with Gasteiger partial charge in [-0.05, 0) is 66.8 Å². The van der Waals surface area contributed by atoms with Crippen LogP contribution in [0.25, 0.3) is 0 Å². The summed E-state index contributed by atoms with van der Waals surface area (Å²) in [7, 11) is -2.56. The Morgan fingerprint density at radius 2 is 1.97 bits per heavy atom. The number of nitrogens with one attached hydrogen (secondary N) is 3. The van der Waals surface area contributed by atoms with Crippen molar-refractivity contribution in [1.82, 2.24) is 19.9 Å². The van der Waals surface area contributed by atoms with Crippen LogP contribution in [0.5, 0.6) is 0 Å². The number of amides is 1. The zero-order chi connectivity index (χ0) is 28.2. The van der Waals surface area contributed by atoms with E-state index in [1.165, 1.54) is 5.56 Å². The van der Waals surface area contributed by atoms with Crippen molar-refractivity contribution in [2.75, 3.05) is 44.3 Å². The number of pyridine rings is 1. The van der Waals surface area contributed by atoms with E-state index in [1.54, 1.807) is 6.26 Å². The number of anilines is 1. The molecule has 0 spiro atoms. The lowest BCUT2D eigenvalue weighted by Crippen LogP contribution is -2.56. The van der Waals surface area contributed by atoms with E-state index in [4.69, 9.17) is 10.2 Å². The van der Waals surface area contributed by atoms with Crippen LogP contribution in [0.2, 0.25) is 0 Å². The van der Waals surface area contributed by atoms with Gasteiger partial charge in [-0.15, -0.1) is 4.91 Å². The van der Waals surface area contributed by atoms with Crippen LogP contribution in [-0.2, 0) is 27.3 Å². The monoisotopic (exact) mass is 558 g/mol. The number of fused-ring (bicyclic) bond motifs is 1. The minimum atomic E-state index is -2.56. The second-order valence-electron chi connectivity index (χ2n) is 10.6. The lowest BCUT2D eigenvalue weighted by molar-refractivity contribution is -0.235. The quantitative estimate of drug-likeness (QED) is 0.186. The molecule has 39 heavy (non-hydrogen) atoms. The third-order valence-corrected chi connectivity index (χ3v) is 9.82. The van der Waals surface area contributed by atoms with Gasteiger partial charge in [0, 0.05) is 60.6 Å². The molecule has 3 heterocycles. The van der Waals surface area contributed by atoms with Crippen molar-refractivity contribution in [2.24, 2.45) is 10.5 Å². The Morgan fingerprint density at radius 3 is 2.64 bits per heavy atom. The van der Waals surface area contributed by atoms with Crippen LogP contribution in [0.1, 0.15) is 34.4 Å². The number of nitrogens with zero attached hydrogens (tertiary/aromatic N) is 3. The fourth-order valence-corrected chi connectivity index (χ4v) is 7.81. The number of benzene rings is 1. The Kier molecular flexibility index (Phi) is 9.21. The van der Waals surface area contributed by atoms with Gasteiger partial charge in [0.15, 0.2) is 0 Å². The molecule has 2 atom stereocenters. The summed E-state index contributed by atoms with van der Waals surface area (Å²) in [4.78, 5) is 48.8. The van der Waals surface area contributed by atoms with E-state index in [0.717, 1.165) is 60.6 Å². The number of aromatic nitrogens is 1. The number of aryl methyl sites for hydroxylation is 4. The molecule has 0 saturated carbocycles. The molecular formula is C27H38N6O5S. The maximum absolute atomic E-state index is 12.8. The van der Waals surface area contributed by atoms with Crippen molar-refractivity contribution < 1.29 is 19.7 Å². The summed E-state index contributed by atoms with van der Waals surface area (Å²) in [5, 5.41) is 15.2. The van der Waals surface area contributed by atoms with Gasteiger partial charge in [0.1, 0.15) is 11.9 Å². The molecule has 12 heteroatoms. The van der Waals surface area contributed by atoms with Crippen molar-refractivity contribution in [3.05, 3.63) is 57.1 Å². The van der Waals surface area contributed by atoms with Crippen LogP contribution in [0.3, 0.4) is 0 Å². The first-order valence-corrected chi connectivity index (χ1v) is 15.2. The number of hydrogen-bond donors (Lipinski definition) is 4. The lowest BCUT2D eigenvalue weighted by Gasteiger charge is -2.38. The molecule has 1 aromatic heterocycles. The number of carbonyl (C=O) groups excluding carboxylic acids is 2. The minimum Gasteiger partial charge on any atom is -0.370 e. The third-order valence-electron chi connectivity index (χ3n) is 7.34. The molecule has 212 valence electrons. The van der Waals surface area contributed by atoms with Crippen molar-refractivity contribution in [3.8, 4) is 0 Å². The zero-order valence-corrected chi connectivity index (χ0v) is 23.8. The van der Waals surface area contributed by atoms with Crippen molar-refractivity contribution >= 4 is 28.1 Å². The number of rotatable bonds is 11. The smallest absolute Gasteiger partial charge is 0.361 e. The van der Waals surface area contributed by atoms with E-state index in [1.807, 2.05) is 32.9 Å². The summed E-state index contributed by atoms with van der Waals surface area (Å²) >= 11 is 0. The minimum absolute atomic E-state index is 0.150. The van der Waals surface area contributed by atoms with E-state index in [2.05, 4.69) is 41.9 Å². The first-order chi connectivity index (χ1) is 18.6. The SMILES string of the molecule is Cc1cc(C)c(S(C)(N=O)NC(CNC(=O)C2CN(CCc3ccc4c(n3)NCCC4)C2)C(=O)OO)c(C)c1. The summed E-state index contributed by atoms with van der Waals surface area (Å²) in [6, 6.07) is 6.96. The number of nitroso groups, excluding NO2 is 1. The fourth-order valence-electron chi connectivity index (χ4n) is 5.47. The molecule has 4 rings (SSSR count). The average molecular weight is 559 g/mol. The first kappa shape index (κ1) is 28.9. The van der Waals surface area contributed by atoms with E-state index in [9.17, 15) is 14.5 Å². The highest BCUT2D eigenvalue weighted by Gasteiger charge is 2.36. The molecule has 2 aliphatic rings. The van der Waals surface area contributed by atoms with Crippen LogP contribution < -0.4 is 15.4 Å². The molecule has 1 saturated heterocycles. The Hall–Kier alpha value is -3.06. The summed E-state index contributed by atoms with van der Waals surface area (Å²) in [5.41, 5.74) is 5.08. The van der Waals surface area contributed by atoms with Crippen LogP contribution in [0.15, 0.2) is 33.7 Å². The summed E-state index contributed by atoms with van der Waals surface area (Å²) in [6.45, 7) is 8.56. The highest BCUT2D eigenvalue weighted by atomic mass is 32.3. The maximum Gasteiger partial charge on any atom is 0.361 e. The molecule has 11 nitrogen and oxygen atoms in total. The number of hydrogen-bond acceptors (Lipinski definition) is 10. The van der Waals surface area contributed by atoms with Crippen molar-refractivity contribution in [1.29, 1.82) is 0 Å². The van der Waals surface area contributed by atoms with Gasteiger partial charge in [-0.25, -0.2) is 14.5 Å². The molecule has 1 aromatic carbocycles. The molecule has 1 fully saturated rings. The zero-order valence-electron chi connectivity index (χ0n) is 23.0. The van der Waals surface area contributed by atoms with Gasteiger partial charge in [0.2, 0.25) is 5.91 Å². The largest absolute Gasteiger partial charge is 0.370 e. The summed E-state index contributed by atoms with van der Waals surface area (Å²) in [5.74, 6) is -0.418. The fraction of sp³-hybridized carbons (Fsp3) is 0.519. The second-order valence-corrected chi connectivity index (χ2v) is 13.1. The third kappa shape index (κ3) is 6.75. The van der Waals surface area contributed by atoms with Gasteiger partial charge in [0.25, 0.3) is 0 Å². The molecule has 4 N–H and O–H groups in total. The molecular weight excluding hydrogens is 520 g/mol. The Bertz CT molecular complexity index is 1210. The van der Waals surface area contributed by atoms with Gasteiger partial charge in [-0.3, -0.25) is 9.68 Å².